The minimum Gasteiger partial charge on any atom is -0.194 e. The molecule has 126 valence electrons. The molecule has 0 saturated carbocycles. The molecule has 4 aromatic rings. The molecule has 4 rings (SSSR count). The van der Waals surface area contributed by atoms with Crippen molar-refractivity contribution in [2.24, 2.45) is 0 Å². The lowest BCUT2D eigenvalue weighted by atomic mass is 10.0. The topological polar surface area (TPSA) is 3.88 Å². The van der Waals surface area contributed by atoms with Crippen molar-refractivity contribution in [3.8, 4) is 22.4 Å². The summed E-state index contributed by atoms with van der Waals surface area (Å²) in [5.74, 6) is 0. The van der Waals surface area contributed by atoms with Gasteiger partial charge in [-0.3, -0.25) is 0 Å². The molecule has 0 radical (unpaired) electrons. The van der Waals surface area contributed by atoms with E-state index in [-0.39, 0.29) is 0 Å². The Kier molecular flexibility index (Phi) is 4.61. The number of benzene rings is 3. The summed E-state index contributed by atoms with van der Waals surface area (Å²) >= 11 is 0. The van der Waals surface area contributed by atoms with E-state index in [1.165, 1.54) is 33.5 Å². The third-order valence-electron chi connectivity index (χ3n) is 4.69. The molecule has 0 amide bonds. The van der Waals surface area contributed by atoms with E-state index in [1.54, 1.807) is 0 Å². The van der Waals surface area contributed by atoms with Crippen molar-refractivity contribution in [1.82, 2.24) is 0 Å². The van der Waals surface area contributed by atoms with Crippen LogP contribution in [0.25, 0.3) is 22.4 Å². The van der Waals surface area contributed by atoms with Crippen LogP contribution in [0.2, 0.25) is 0 Å². The Labute approximate surface area is 155 Å². The molecule has 0 unspecified atom stereocenters. The van der Waals surface area contributed by atoms with Gasteiger partial charge in [0.25, 0.3) is 0 Å². The van der Waals surface area contributed by atoms with Crippen LogP contribution in [0, 0.1) is 6.92 Å². The molecule has 0 saturated heterocycles. The number of pyridine rings is 1. The zero-order valence-electron chi connectivity index (χ0n) is 15.0. The van der Waals surface area contributed by atoms with Gasteiger partial charge in [-0.1, -0.05) is 78.4 Å². The van der Waals surface area contributed by atoms with E-state index in [0.717, 1.165) is 6.54 Å². The fourth-order valence-electron chi connectivity index (χ4n) is 3.23. The highest BCUT2D eigenvalue weighted by Crippen LogP contribution is 2.23. The summed E-state index contributed by atoms with van der Waals surface area (Å²) in [4.78, 5) is 0. The second-order valence-electron chi connectivity index (χ2n) is 6.65. The van der Waals surface area contributed by atoms with Gasteiger partial charge in [-0.15, -0.1) is 0 Å². The molecule has 0 N–H and O–H groups in total. The predicted octanol–water partition coefficient (Wildman–Crippen LogP) is 5.66. The highest BCUT2D eigenvalue weighted by atomic mass is 15.0. The fourth-order valence-corrected chi connectivity index (χ4v) is 3.23. The van der Waals surface area contributed by atoms with Gasteiger partial charge in [0.15, 0.2) is 12.7 Å². The van der Waals surface area contributed by atoms with Crippen LogP contribution in [0.3, 0.4) is 0 Å². The largest absolute Gasteiger partial charge is 0.213 e. The van der Waals surface area contributed by atoms with E-state index in [4.69, 9.17) is 0 Å². The average molecular weight is 336 g/mol. The van der Waals surface area contributed by atoms with Crippen LogP contribution in [-0.4, -0.2) is 0 Å². The monoisotopic (exact) mass is 336 g/mol. The molecule has 0 aliphatic heterocycles. The molecule has 0 aliphatic rings. The van der Waals surface area contributed by atoms with Crippen molar-refractivity contribution in [2.75, 3.05) is 0 Å². The van der Waals surface area contributed by atoms with Crippen LogP contribution in [0.5, 0.6) is 0 Å². The molecule has 1 nitrogen and oxygen atoms in total. The normalized spacial score (nSPS) is 10.7. The first-order valence-electron chi connectivity index (χ1n) is 8.99. The zero-order chi connectivity index (χ0) is 17.8. The second-order valence-corrected chi connectivity index (χ2v) is 6.65. The second kappa shape index (κ2) is 7.37. The predicted molar refractivity (Wildman–Crippen MR) is 108 cm³/mol. The highest BCUT2D eigenvalue weighted by Gasteiger charge is 2.15. The van der Waals surface area contributed by atoms with Crippen molar-refractivity contribution >= 4 is 0 Å². The summed E-state index contributed by atoms with van der Waals surface area (Å²) in [6, 6.07) is 34.4. The van der Waals surface area contributed by atoms with E-state index in [9.17, 15) is 0 Å². The Bertz CT molecular complexity index is 987. The number of aryl methyl sites for hydroxylation is 1. The van der Waals surface area contributed by atoms with Crippen LogP contribution in [0.15, 0.2) is 103 Å². The Morgan fingerprint density at radius 1 is 0.615 bits per heavy atom. The number of hydrogen-bond donors (Lipinski definition) is 0. The average Bonchev–Trinajstić information content (AvgIpc) is 2.71. The van der Waals surface area contributed by atoms with Gasteiger partial charge >= 0.3 is 0 Å². The molecule has 1 heteroatoms. The van der Waals surface area contributed by atoms with Crippen molar-refractivity contribution in [1.29, 1.82) is 0 Å². The Hall–Kier alpha value is -3.19. The first kappa shape index (κ1) is 16.3. The van der Waals surface area contributed by atoms with Crippen LogP contribution in [-0.2, 0) is 6.54 Å². The fraction of sp³-hybridized carbons (Fsp3) is 0.0800. The molecular weight excluding hydrogens is 314 g/mol. The van der Waals surface area contributed by atoms with Crippen molar-refractivity contribution in [3.05, 3.63) is 114 Å². The molecule has 0 fully saturated rings. The third kappa shape index (κ3) is 3.57. The van der Waals surface area contributed by atoms with Gasteiger partial charge in [-0.25, -0.2) is 0 Å². The Balaban J connectivity index is 1.79. The van der Waals surface area contributed by atoms with E-state index >= 15 is 0 Å². The molecule has 3 aromatic carbocycles. The number of nitrogens with zero attached hydrogens (tertiary/aromatic N) is 1. The molecule has 1 aromatic heterocycles. The van der Waals surface area contributed by atoms with Gasteiger partial charge < -0.3 is 0 Å². The maximum absolute atomic E-state index is 2.33. The van der Waals surface area contributed by atoms with Gasteiger partial charge in [0.1, 0.15) is 0 Å². The molecule has 26 heavy (non-hydrogen) atoms. The molecule has 0 aliphatic carbocycles. The van der Waals surface area contributed by atoms with Gasteiger partial charge in [0, 0.05) is 23.3 Å². The quantitative estimate of drug-likeness (QED) is 0.423. The van der Waals surface area contributed by atoms with Crippen LogP contribution < -0.4 is 4.57 Å². The summed E-state index contributed by atoms with van der Waals surface area (Å²) < 4.78 is 2.33. The molecule has 0 bridgehead atoms. The van der Waals surface area contributed by atoms with Crippen LogP contribution >= 0.6 is 0 Å². The lowest BCUT2D eigenvalue weighted by Crippen LogP contribution is -2.36. The zero-order valence-corrected chi connectivity index (χ0v) is 15.0. The standard InChI is InChI=1S/C25H22N/c1-20-12-14-21(15-13-20)19-26-17-16-24(22-8-4-2-5-9-22)18-25(26)23-10-6-3-7-11-23/h2-18H,19H2,1H3/q+1. The molecular formula is C25H22N+. The third-order valence-corrected chi connectivity index (χ3v) is 4.69. The van der Waals surface area contributed by atoms with E-state index < -0.39 is 0 Å². The van der Waals surface area contributed by atoms with E-state index in [0.29, 0.717) is 0 Å². The van der Waals surface area contributed by atoms with Crippen molar-refractivity contribution in [2.45, 2.75) is 13.5 Å². The maximum Gasteiger partial charge on any atom is 0.213 e. The van der Waals surface area contributed by atoms with Gasteiger partial charge in [-0.2, -0.15) is 4.57 Å². The highest BCUT2D eigenvalue weighted by molar-refractivity contribution is 5.68. The Morgan fingerprint density at radius 2 is 1.23 bits per heavy atom. The van der Waals surface area contributed by atoms with Gasteiger partial charge in [0.2, 0.25) is 5.69 Å². The SMILES string of the molecule is Cc1ccc(C[n+]2ccc(-c3ccccc3)cc2-c2ccccc2)cc1. The maximum atomic E-state index is 2.33. The smallest absolute Gasteiger partial charge is 0.194 e. The summed E-state index contributed by atoms with van der Waals surface area (Å²) in [5, 5.41) is 0. The lowest BCUT2D eigenvalue weighted by Gasteiger charge is -2.08. The number of hydrogen-bond acceptors (Lipinski definition) is 0. The van der Waals surface area contributed by atoms with Crippen molar-refractivity contribution < 1.29 is 4.57 Å². The Morgan fingerprint density at radius 3 is 1.88 bits per heavy atom. The van der Waals surface area contributed by atoms with Gasteiger partial charge in [-0.05, 0) is 30.2 Å². The summed E-state index contributed by atoms with van der Waals surface area (Å²) in [5.41, 5.74) is 7.55. The molecule has 0 atom stereocenters. The first-order valence-corrected chi connectivity index (χ1v) is 8.99. The minimum atomic E-state index is 0.861. The van der Waals surface area contributed by atoms with Crippen LogP contribution in [0.4, 0.5) is 0 Å². The van der Waals surface area contributed by atoms with Crippen LogP contribution in [0.1, 0.15) is 11.1 Å². The number of aromatic nitrogens is 1. The minimum absolute atomic E-state index is 0.861. The molecule has 0 spiro atoms. The summed E-state index contributed by atoms with van der Waals surface area (Å²) in [6.45, 7) is 2.99. The summed E-state index contributed by atoms with van der Waals surface area (Å²) in [7, 11) is 0. The first-order chi connectivity index (χ1) is 12.8. The van der Waals surface area contributed by atoms with E-state index in [1.807, 2.05) is 0 Å². The molecule has 1 heterocycles. The van der Waals surface area contributed by atoms with E-state index in [2.05, 4.69) is 115 Å². The lowest BCUT2D eigenvalue weighted by molar-refractivity contribution is -0.677. The van der Waals surface area contributed by atoms with Gasteiger partial charge in [0.05, 0.1) is 0 Å². The number of rotatable bonds is 4. The van der Waals surface area contributed by atoms with Crippen molar-refractivity contribution in [3.63, 3.8) is 0 Å². The summed E-state index contributed by atoms with van der Waals surface area (Å²) in [6.07, 6.45) is 2.20.